The van der Waals surface area contributed by atoms with Crippen molar-refractivity contribution < 1.29 is 19.9 Å². The second kappa shape index (κ2) is 5.55. The van der Waals surface area contributed by atoms with Crippen LogP contribution >= 0.6 is 0 Å². The molecule has 0 amide bonds. The molecule has 18 heavy (non-hydrogen) atoms. The van der Waals surface area contributed by atoms with E-state index in [1.165, 1.54) is 4.90 Å². The fraction of sp³-hybridized carbons (Fsp3) is 0.778. The molecule has 8 nitrogen and oxygen atoms in total. The first-order chi connectivity index (χ1) is 8.27. The fourth-order valence-electron chi connectivity index (χ4n) is 2.26. The summed E-state index contributed by atoms with van der Waals surface area (Å²) in [4.78, 5) is 12.7. The van der Waals surface area contributed by atoms with Crippen LogP contribution in [0.15, 0.2) is 0 Å². The molecule has 1 aliphatic heterocycles. The maximum Gasteiger partial charge on any atom is 0.451 e. The number of carboxylic acid groups (broad SMARTS) is 1. The average molecular weight is 258 g/mol. The summed E-state index contributed by atoms with van der Waals surface area (Å²) in [5.41, 5.74) is 9.77. The molecule has 0 radical (unpaired) electrons. The van der Waals surface area contributed by atoms with Crippen LogP contribution in [0, 0.1) is 11.3 Å². The van der Waals surface area contributed by atoms with Crippen LogP contribution in [-0.4, -0.2) is 57.7 Å². The number of hydrogen-bond acceptors (Lipinski definition) is 5. The van der Waals surface area contributed by atoms with Gasteiger partial charge in [-0.25, -0.2) is 0 Å². The zero-order chi connectivity index (χ0) is 13.9. The van der Waals surface area contributed by atoms with E-state index < -0.39 is 18.6 Å². The van der Waals surface area contributed by atoms with Gasteiger partial charge < -0.3 is 31.5 Å². The number of carbonyl (C=O) groups is 1. The Bertz CT molecular complexity index is 341. The van der Waals surface area contributed by atoms with Crippen LogP contribution in [0.5, 0.6) is 0 Å². The summed E-state index contributed by atoms with van der Waals surface area (Å²) in [6.07, 6.45) is 1.08. The largest absolute Gasteiger partial charge is 0.480 e. The van der Waals surface area contributed by atoms with E-state index in [2.05, 4.69) is 0 Å². The highest BCUT2D eigenvalue weighted by molar-refractivity contribution is 6.40. The lowest BCUT2D eigenvalue weighted by atomic mass is 9.78. The second-order valence-electron chi connectivity index (χ2n) is 4.72. The van der Waals surface area contributed by atoms with E-state index in [0.29, 0.717) is 19.4 Å². The van der Waals surface area contributed by atoms with Crippen molar-refractivity contribution >= 4 is 19.0 Å². The third-order valence-electron chi connectivity index (χ3n) is 3.38. The van der Waals surface area contributed by atoms with Crippen molar-refractivity contribution in [2.75, 3.05) is 13.1 Å². The Hall–Kier alpha value is -1.32. The van der Waals surface area contributed by atoms with Gasteiger partial charge in [0.2, 0.25) is 0 Å². The SMILES string of the molecule is N=C(N)N1C[C@@H](CCCB(O)O)[C@@](N)(C(=O)O)C1. The van der Waals surface area contributed by atoms with Crippen molar-refractivity contribution in [3.05, 3.63) is 0 Å². The lowest BCUT2D eigenvalue weighted by molar-refractivity contribution is -0.144. The van der Waals surface area contributed by atoms with Gasteiger partial charge in [0.05, 0.1) is 0 Å². The summed E-state index contributed by atoms with van der Waals surface area (Å²) in [5, 5.41) is 34.0. The molecule has 102 valence electrons. The predicted molar refractivity (Wildman–Crippen MR) is 65.8 cm³/mol. The van der Waals surface area contributed by atoms with Crippen molar-refractivity contribution in [3.8, 4) is 0 Å². The zero-order valence-corrected chi connectivity index (χ0v) is 10.0. The van der Waals surface area contributed by atoms with Gasteiger partial charge in [-0.1, -0.05) is 6.42 Å². The Morgan fingerprint density at radius 1 is 1.56 bits per heavy atom. The van der Waals surface area contributed by atoms with Crippen LogP contribution < -0.4 is 11.5 Å². The van der Waals surface area contributed by atoms with Crippen molar-refractivity contribution in [3.63, 3.8) is 0 Å². The molecule has 0 saturated carbocycles. The number of nitrogens with zero attached hydrogens (tertiary/aromatic N) is 1. The van der Waals surface area contributed by atoms with E-state index in [9.17, 15) is 9.90 Å². The van der Waals surface area contributed by atoms with Gasteiger partial charge in [-0.3, -0.25) is 10.2 Å². The number of nitrogens with one attached hydrogen (secondary N) is 1. The van der Waals surface area contributed by atoms with Gasteiger partial charge in [0.25, 0.3) is 0 Å². The minimum Gasteiger partial charge on any atom is -0.480 e. The molecule has 1 saturated heterocycles. The topological polar surface area (TPSA) is 157 Å². The highest BCUT2D eigenvalue weighted by Gasteiger charge is 2.49. The van der Waals surface area contributed by atoms with Gasteiger partial charge in [0, 0.05) is 19.0 Å². The molecule has 8 N–H and O–H groups in total. The van der Waals surface area contributed by atoms with Crippen LogP contribution in [0.3, 0.4) is 0 Å². The van der Waals surface area contributed by atoms with E-state index >= 15 is 0 Å². The van der Waals surface area contributed by atoms with Crippen molar-refractivity contribution in [2.45, 2.75) is 24.7 Å². The molecule has 2 atom stereocenters. The summed E-state index contributed by atoms with van der Waals surface area (Å²) in [6.45, 7) is 0.309. The third-order valence-corrected chi connectivity index (χ3v) is 3.38. The standard InChI is InChI=1S/C9H19BN4O4/c11-8(12)14-4-6(2-1-3-10(17)18)9(13,5-14)7(15)16/h6,17-18H,1-5,13H2,(H3,11,12)(H,15,16)/t6-,9-/m1/s1. The molecule has 0 spiro atoms. The molecule has 1 heterocycles. The van der Waals surface area contributed by atoms with Crippen molar-refractivity contribution in [2.24, 2.45) is 17.4 Å². The lowest BCUT2D eigenvalue weighted by Gasteiger charge is -2.25. The summed E-state index contributed by atoms with van der Waals surface area (Å²) in [7, 11) is -1.40. The molecule has 9 heteroatoms. The van der Waals surface area contributed by atoms with E-state index in [1.807, 2.05) is 0 Å². The third kappa shape index (κ3) is 3.12. The number of guanidine groups is 1. The number of carboxylic acids is 1. The molecule has 0 aromatic carbocycles. The van der Waals surface area contributed by atoms with Gasteiger partial charge in [0.15, 0.2) is 5.96 Å². The van der Waals surface area contributed by atoms with E-state index in [4.69, 9.17) is 26.9 Å². The fourth-order valence-corrected chi connectivity index (χ4v) is 2.26. The number of likely N-dealkylation sites (tertiary alicyclic amines) is 1. The summed E-state index contributed by atoms with van der Waals surface area (Å²) >= 11 is 0. The van der Waals surface area contributed by atoms with Crippen LogP contribution in [0.1, 0.15) is 12.8 Å². The molecule has 0 aromatic rings. The molecule has 0 unspecified atom stereocenters. The Kier molecular flexibility index (Phi) is 4.55. The summed E-state index contributed by atoms with van der Waals surface area (Å²) in [5.74, 6) is -1.69. The van der Waals surface area contributed by atoms with Gasteiger partial charge in [-0.2, -0.15) is 0 Å². The first-order valence-corrected chi connectivity index (χ1v) is 5.74. The number of nitrogens with two attached hydrogens (primary N) is 2. The molecule has 0 bridgehead atoms. The highest BCUT2D eigenvalue weighted by atomic mass is 16.4. The zero-order valence-electron chi connectivity index (χ0n) is 10.0. The average Bonchev–Trinajstić information content (AvgIpc) is 2.57. The smallest absolute Gasteiger partial charge is 0.451 e. The van der Waals surface area contributed by atoms with Gasteiger partial charge >= 0.3 is 13.1 Å². The Morgan fingerprint density at radius 3 is 2.61 bits per heavy atom. The van der Waals surface area contributed by atoms with Crippen LogP contribution in [0.2, 0.25) is 6.32 Å². The molecular weight excluding hydrogens is 239 g/mol. The second-order valence-corrected chi connectivity index (χ2v) is 4.72. The lowest BCUT2D eigenvalue weighted by Crippen LogP contribution is -2.55. The normalized spacial score (nSPS) is 27.3. The number of rotatable bonds is 5. The molecule has 0 aliphatic carbocycles. The maximum atomic E-state index is 11.2. The van der Waals surface area contributed by atoms with E-state index in [-0.39, 0.29) is 24.7 Å². The number of aliphatic carboxylic acids is 1. The van der Waals surface area contributed by atoms with Gasteiger partial charge in [-0.05, 0) is 12.7 Å². The van der Waals surface area contributed by atoms with Crippen LogP contribution in [0.4, 0.5) is 0 Å². The minimum absolute atomic E-state index is 0.00398. The Morgan fingerprint density at radius 2 is 2.17 bits per heavy atom. The van der Waals surface area contributed by atoms with Gasteiger partial charge in [0.1, 0.15) is 5.54 Å². The first kappa shape index (κ1) is 14.7. The van der Waals surface area contributed by atoms with Crippen LogP contribution in [-0.2, 0) is 4.79 Å². The van der Waals surface area contributed by atoms with Crippen molar-refractivity contribution in [1.29, 1.82) is 5.41 Å². The number of hydrogen-bond donors (Lipinski definition) is 6. The Labute approximate surface area is 105 Å². The van der Waals surface area contributed by atoms with Crippen molar-refractivity contribution in [1.82, 2.24) is 4.90 Å². The molecular formula is C9H19BN4O4. The molecule has 1 aliphatic rings. The summed E-state index contributed by atoms with van der Waals surface area (Å²) in [6, 6.07) is 0. The molecule has 1 fully saturated rings. The van der Waals surface area contributed by atoms with E-state index in [0.717, 1.165) is 0 Å². The quantitative estimate of drug-likeness (QED) is 0.186. The predicted octanol–water partition coefficient (Wildman–Crippen LogP) is -2.15. The maximum absolute atomic E-state index is 11.2. The van der Waals surface area contributed by atoms with Gasteiger partial charge in [-0.15, -0.1) is 0 Å². The first-order valence-electron chi connectivity index (χ1n) is 5.74. The Balaban J connectivity index is 2.67. The van der Waals surface area contributed by atoms with E-state index in [1.54, 1.807) is 0 Å². The molecule has 0 aromatic heterocycles. The monoisotopic (exact) mass is 258 g/mol. The molecule has 1 rings (SSSR count). The highest BCUT2D eigenvalue weighted by Crippen LogP contribution is 2.30. The summed E-state index contributed by atoms with van der Waals surface area (Å²) < 4.78 is 0. The van der Waals surface area contributed by atoms with Crippen LogP contribution in [0.25, 0.3) is 0 Å². The minimum atomic E-state index is -1.44.